The SMILES string of the molecule is C=N/C(=C\N(C)C)c1cc2cc(NC(=O)c3ccnc(N4CCN(C)CC4)c3)ncc2cc1F. The van der Waals surface area contributed by atoms with Crippen LogP contribution in [0.1, 0.15) is 15.9 Å². The van der Waals surface area contributed by atoms with Crippen LogP contribution in [0.15, 0.2) is 53.9 Å². The highest BCUT2D eigenvalue weighted by Gasteiger charge is 2.17. The maximum absolute atomic E-state index is 14.7. The van der Waals surface area contributed by atoms with Crippen LogP contribution in [-0.2, 0) is 0 Å². The van der Waals surface area contributed by atoms with Gasteiger partial charge in [0.15, 0.2) is 0 Å². The zero-order chi connectivity index (χ0) is 24.2. The van der Waals surface area contributed by atoms with E-state index in [4.69, 9.17) is 0 Å². The molecule has 1 aliphatic rings. The van der Waals surface area contributed by atoms with Crippen LogP contribution >= 0.6 is 0 Å². The van der Waals surface area contributed by atoms with Crippen molar-refractivity contribution in [2.24, 2.45) is 4.99 Å². The van der Waals surface area contributed by atoms with E-state index in [0.29, 0.717) is 28.0 Å². The Labute approximate surface area is 198 Å². The second-order valence-electron chi connectivity index (χ2n) is 8.53. The van der Waals surface area contributed by atoms with Crippen molar-refractivity contribution in [1.29, 1.82) is 0 Å². The van der Waals surface area contributed by atoms with Crippen LogP contribution in [0.5, 0.6) is 0 Å². The highest BCUT2D eigenvalue weighted by molar-refractivity contribution is 6.05. The zero-order valence-corrected chi connectivity index (χ0v) is 19.6. The molecule has 0 bridgehead atoms. The Bertz CT molecular complexity index is 1250. The molecule has 4 rings (SSSR count). The lowest BCUT2D eigenvalue weighted by atomic mass is 10.1. The van der Waals surface area contributed by atoms with Gasteiger partial charge in [-0.25, -0.2) is 14.4 Å². The zero-order valence-electron chi connectivity index (χ0n) is 19.6. The molecule has 2 aromatic heterocycles. The van der Waals surface area contributed by atoms with Crippen molar-refractivity contribution in [2.75, 3.05) is 57.5 Å². The fraction of sp³-hybridized carbons (Fsp3) is 0.280. The number of hydrogen-bond acceptors (Lipinski definition) is 7. The molecule has 1 aliphatic heterocycles. The minimum absolute atomic E-state index is 0.284. The van der Waals surface area contributed by atoms with E-state index in [0.717, 1.165) is 37.4 Å². The standard InChI is InChI=1S/C25H28FN7O/c1-27-22(16-31(2)3)20-11-18-13-23(29-15-19(18)12-21(20)26)30-25(34)17-5-6-28-24(14-17)33-9-7-32(4)8-10-33/h5-6,11-16H,1,7-10H2,2-4H3,(H,29,30,34)/b22-16-. The lowest BCUT2D eigenvalue weighted by Gasteiger charge is -2.33. The summed E-state index contributed by atoms with van der Waals surface area (Å²) in [5.74, 6) is 0.454. The van der Waals surface area contributed by atoms with Gasteiger partial charge >= 0.3 is 0 Å². The molecule has 0 saturated carbocycles. The number of halogens is 1. The summed E-state index contributed by atoms with van der Waals surface area (Å²) >= 11 is 0. The van der Waals surface area contributed by atoms with Crippen molar-refractivity contribution in [3.05, 3.63) is 65.9 Å². The molecule has 1 fully saturated rings. The van der Waals surface area contributed by atoms with Crippen LogP contribution in [0.25, 0.3) is 16.5 Å². The monoisotopic (exact) mass is 461 g/mol. The molecule has 8 nitrogen and oxygen atoms in total. The Kier molecular flexibility index (Phi) is 6.83. The third kappa shape index (κ3) is 5.20. The van der Waals surface area contributed by atoms with Crippen LogP contribution in [0.4, 0.5) is 16.0 Å². The molecule has 0 radical (unpaired) electrons. The van der Waals surface area contributed by atoms with Gasteiger partial charge in [-0.3, -0.25) is 9.79 Å². The van der Waals surface area contributed by atoms with Crippen LogP contribution in [0.3, 0.4) is 0 Å². The van der Waals surface area contributed by atoms with Crippen molar-refractivity contribution in [2.45, 2.75) is 0 Å². The number of nitrogens with zero attached hydrogens (tertiary/aromatic N) is 6. The second-order valence-corrected chi connectivity index (χ2v) is 8.53. The minimum atomic E-state index is -0.417. The fourth-order valence-electron chi connectivity index (χ4n) is 3.83. The Balaban J connectivity index is 1.57. The van der Waals surface area contributed by atoms with E-state index in [9.17, 15) is 9.18 Å². The molecule has 3 aromatic rings. The Hall–Kier alpha value is -3.85. The minimum Gasteiger partial charge on any atom is -0.382 e. The molecule has 0 atom stereocenters. The molecular weight excluding hydrogens is 433 g/mol. The van der Waals surface area contributed by atoms with Gasteiger partial charge < -0.3 is 20.0 Å². The van der Waals surface area contributed by atoms with E-state index >= 15 is 0 Å². The lowest BCUT2D eigenvalue weighted by Crippen LogP contribution is -2.44. The van der Waals surface area contributed by atoms with Crippen molar-refractivity contribution in [3.63, 3.8) is 0 Å². The number of nitrogens with one attached hydrogen (secondary N) is 1. The quantitative estimate of drug-likeness (QED) is 0.568. The predicted octanol–water partition coefficient (Wildman–Crippen LogP) is 3.33. The molecule has 1 saturated heterocycles. The number of aromatic nitrogens is 2. The number of anilines is 2. The first-order chi connectivity index (χ1) is 16.3. The first-order valence-electron chi connectivity index (χ1n) is 11.0. The molecule has 1 aromatic carbocycles. The van der Waals surface area contributed by atoms with Gasteiger partial charge in [-0.2, -0.15) is 0 Å². The third-order valence-corrected chi connectivity index (χ3v) is 5.71. The number of hydrogen-bond donors (Lipinski definition) is 1. The van der Waals surface area contributed by atoms with E-state index in [1.54, 1.807) is 41.6 Å². The lowest BCUT2D eigenvalue weighted by molar-refractivity contribution is 0.102. The van der Waals surface area contributed by atoms with Crippen molar-refractivity contribution >= 4 is 40.7 Å². The van der Waals surface area contributed by atoms with Crippen molar-refractivity contribution in [3.8, 4) is 0 Å². The summed E-state index contributed by atoms with van der Waals surface area (Å²) in [4.78, 5) is 31.8. The second kappa shape index (κ2) is 9.96. The summed E-state index contributed by atoms with van der Waals surface area (Å²) in [6.45, 7) is 7.19. The van der Waals surface area contributed by atoms with E-state index < -0.39 is 5.82 Å². The number of fused-ring (bicyclic) bond motifs is 1. The topological polar surface area (TPSA) is 77.0 Å². The Morgan fingerprint density at radius 2 is 1.91 bits per heavy atom. The average molecular weight is 462 g/mol. The number of amides is 1. The van der Waals surface area contributed by atoms with E-state index in [-0.39, 0.29) is 5.91 Å². The number of rotatable bonds is 6. The number of benzene rings is 1. The number of carbonyl (C=O) groups is 1. The van der Waals surface area contributed by atoms with Gasteiger partial charge in [-0.15, -0.1) is 0 Å². The molecular formula is C25H28FN7O. The summed E-state index contributed by atoms with van der Waals surface area (Å²) in [6, 6.07) is 8.28. The number of likely N-dealkylation sites (N-methyl/N-ethyl adjacent to an activating group) is 1. The molecule has 1 amide bonds. The molecule has 176 valence electrons. The summed E-state index contributed by atoms with van der Waals surface area (Å²) in [7, 11) is 5.75. The van der Waals surface area contributed by atoms with Gasteiger partial charge in [0.25, 0.3) is 5.91 Å². The predicted molar refractivity (Wildman–Crippen MR) is 135 cm³/mol. The molecule has 0 spiro atoms. The molecule has 34 heavy (non-hydrogen) atoms. The van der Waals surface area contributed by atoms with Gasteiger partial charge in [0.05, 0.1) is 5.70 Å². The number of aliphatic imine (C=N–C) groups is 1. The van der Waals surface area contributed by atoms with E-state index in [2.05, 4.69) is 43.8 Å². The average Bonchev–Trinajstić information content (AvgIpc) is 2.83. The van der Waals surface area contributed by atoms with Crippen molar-refractivity contribution in [1.82, 2.24) is 19.8 Å². The summed E-state index contributed by atoms with van der Waals surface area (Å²) in [6.07, 6.45) is 4.88. The van der Waals surface area contributed by atoms with Crippen LogP contribution < -0.4 is 10.2 Å². The van der Waals surface area contributed by atoms with Crippen LogP contribution in [0, 0.1) is 5.82 Å². The number of carbonyl (C=O) groups excluding carboxylic acids is 1. The van der Waals surface area contributed by atoms with Gasteiger partial charge in [0, 0.05) is 75.4 Å². The normalized spacial score (nSPS) is 14.8. The fourth-order valence-corrected chi connectivity index (χ4v) is 3.83. The number of piperazine rings is 1. The first-order valence-corrected chi connectivity index (χ1v) is 11.0. The van der Waals surface area contributed by atoms with Crippen LogP contribution in [0.2, 0.25) is 0 Å². The molecule has 0 unspecified atom stereocenters. The largest absolute Gasteiger partial charge is 0.382 e. The Morgan fingerprint density at radius 3 is 2.62 bits per heavy atom. The molecule has 0 aliphatic carbocycles. The summed E-state index contributed by atoms with van der Waals surface area (Å²) in [5, 5.41) is 4.18. The molecule has 1 N–H and O–H groups in total. The summed E-state index contributed by atoms with van der Waals surface area (Å²) < 4.78 is 14.7. The molecule has 3 heterocycles. The highest BCUT2D eigenvalue weighted by atomic mass is 19.1. The van der Waals surface area contributed by atoms with Gasteiger partial charge in [-0.1, -0.05) is 0 Å². The Morgan fingerprint density at radius 1 is 1.15 bits per heavy atom. The maximum Gasteiger partial charge on any atom is 0.257 e. The van der Waals surface area contributed by atoms with Gasteiger partial charge in [0.2, 0.25) is 0 Å². The third-order valence-electron chi connectivity index (χ3n) is 5.71. The highest BCUT2D eigenvalue weighted by Crippen LogP contribution is 2.27. The maximum atomic E-state index is 14.7. The van der Waals surface area contributed by atoms with Gasteiger partial charge in [0.1, 0.15) is 17.5 Å². The summed E-state index contributed by atoms with van der Waals surface area (Å²) in [5.41, 5.74) is 1.24. The van der Waals surface area contributed by atoms with Crippen LogP contribution in [-0.4, -0.2) is 79.7 Å². The van der Waals surface area contributed by atoms with Gasteiger partial charge in [-0.05, 0) is 49.5 Å². The molecule has 9 heteroatoms. The first kappa shape index (κ1) is 23.3. The van der Waals surface area contributed by atoms with Crippen molar-refractivity contribution < 1.29 is 9.18 Å². The number of pyridine rings is 2. The van der Waals surface area contributed by atoms with E-state index in [1.165, 1.54) is 12.3 Å². The smallest absolute Gasteiger partial charge is 0.257 e. The van der Waals surface area contributed by atoms with E-state index in [1.807, 2.05) is 14.1 Å².